The van der Waals surface area contributed by atoms with Gasteiger partial charge in [-0.25, -0.2) is 4.98 Å². The highest BCUT2D eigenvalue weighted by Crippen LogP contribution is 2.33. The predicted molar refractivity (Wildman–Crippen MR) is 150 cm³/mol. The lowest BCUT2D eigenvalue weighted by Gasteiger charge is -2.27. The van der Waals surface area contributed by atoms with Crippen LogP contribution in [-0.4, -0.2) is 34.3 Å². The number of pyridine rings is 2. The molecule has 1 aliphatic heterocycles. The molecule has 0 bridgehead atoms. The smallest absolute Gasteiger partial charge is 0.129 e. The van der Waals surface area contributed by atoms with Crippen LogP contribution in [0.2, 0.25) is 5.02 Å². The second-order valence-electron chi connectivity index (χ2n) is 8.89. The van der Waals surface area contributed by atoms with E-state index in [0.717, 1.165) is 57.9 Å². The number of para-hydroxylation sites is 2. The number of hydrogen-bond donors (Lipinski definition) is 2. The molecule has 0 aliphatic carbocycles. The highest BCUT2D eigenvalue weighted by molar-refractivity contribution is 6.30. The first-order chi connectivity index (χ1) is 17.7. The van der Waals surface area contributed by atoms with Crippen molar-refractivity contribution in [2.45, 2.75) is 25.4 Å². The Morgan fingerprint density at radius 1 is 0.917 bits per heavy atom. The molecule has 1 fully saturated rings. The Morgan fingerprint density at radius 2 is 1.67 bits per heavy atom. The van der Waals surface area contributed by atoms with Gasteiger partial charge in [-0.2, -0.15) is 0 Å². The fraction of sp³-hybridized carbons (Fsp3) is 0.200. The van der Waals surface area contributed by atoms with Crippen LogP contribution >= 0.6 is 11.6 Å². The number of aliphatic hydroxyl groups excluding tert-OH is 1. The van der Waals surface area contributed by atoms with E-state index in [0.29, 0.717) is 6.54 Å². The highest BCUT2D eigenvalue weighted by Gasteiger charge is 2.25. The molecule has 0 unspecified atom stereocenters. The summed E-state index contributed by atoms with van der Waals surface area (Å²) in [4.78, 5) is 11.3. The van der Waals surface area contributed by atoms with Crippen LogP contribution < -0.4 is 10.2 Å². The van der Waals surface area contributed by atoms with E-state index in [1.165, 1.54) is 5.39 Å². The number of aliphatic hydroxyl groups is 1. The van der Waals surface area contributed by atoms with Crippen LogP contribution in [-0.2, 0) is 6.54 Å². The quantitative estimate of drug-likeness (QED) is 0.283. The number of rotatable bonds is 5. The molecule has 1 saturated heterocycles. The van der Waals surface area contributed by atoms with Crippen LogP contribution in [0.15, 0.2) is 97.2 Å². The van der Waals surface area contributed by atoms with Gasteiger partial charge in [0.25, 0.3) is 0 Å². The lowest BCUT2D eigenvalue weighted by Crippen LogP contribution is -2.32. The first kappa shape index (κ1) is 24.0. The summed E-state index contributed by atoms with van der Waals surface area (Å²) < 4.78 is 0. The van der Waals surface area contributed by atoms with Crippen LogP contribution in [0.3, 0.4) is 0 Å². The molecule has 5 aromatic rings. The van der Waals surface area contributed by atoms with Crippen LogP contribution in [0.25, 0.3) is 21.8 Å². The molecule has 36 heavy (non-hydrogen) atoms. The van der Waals surface area contributed by atoms with E-state index >= 15 is 0 Å². The van der Waals surface area contributed by atoms with E-state index < -0.39 is 0 Å². The number of hydrogen-bond acceptors (Lipinski definition) is 5. The standard InChI is InChI=1S/C21H22ClN3O.C9H7N/c22-16-9-7-15(8-10-16)13-23-21-12-20(25-11-3-4-17(25)14-26)18-5-1-2-6-19(18)24-21;1-2-6-9-8(4-1)5-3-7-10-9/h1-2,5-10,12,17,26H,3-4,11,13-14H2,(H,23,24);1-7H/t17-;/m0./s1. The van der Waals surface area contributed by atoms with Crippen molar-refractivity contribution in [3.8, 4) is 0 Å². The minimum Gasteiger partial charge on any atom is -0.394 e. The Bertz CT molecular complexity index is 1380. The number of anilines is 2. The number of halogens is 1. The Labute approximate surface area is 216 Å². The van der Waals surface area contributed by atoms with Gasteiger partial charge in [-0.05, 0) is 48.7 Å². The fourth-order valence-corrected chi connectivity index (χ4v) is 4.76. The summed E-state index contributed by atoms with van der Waals surface area (Å²) in [6.45, 7) is 1.84. The summed E-state index contributed by atoms with van der Waals surface area (Å²) in [6, 6.07) is 30.4. The van der Waals surface area contributed by atoms with Crippen molar-refractivity contribution in [1.29, 1.82) is 0 Å². The van der Waals surface area contributed by atoms with Crippen molar-refractivity contribution in [1.82, 2.24) is 9.97 Å². The topological polar surface area (TPSA) is 61.3 Å². The monoisotopic (exact) mass is 496 g/mol. The second kappa shape index (κ2) is 11.4. The van der Waals surface area contributed by atoms with Crippen LogP contribution in [0.5, 0.6) is 0 Å². The molecule has 6 heteroatoms. The Hall–Kier alpha value is -3.67. The van der Waals surface area contributed by atoms with E-state index in [2.05, 4.69) is 39.5 Å². The van der Waals surface area contributed by atoms with Gasteiger partial charge >= 0.3 is 0 Å². The van der Waals surface area contributed by atoms with Gasteiger partial charge in [0.2, 0.25) is 0 Å². The predicted octanol–water partition coefficient (Wildman–Crippen LogP) is 6.70. The zero-order valence-electron chi connectivity index (χ0n) is 20.0. The molecule has 0 spiro atoms. The molecule has 0 radical (unpaired) electrons. The minimum atomic E-state index is 0.185. The van der Waals surface area contributed by atoms with Gasteiger partial charge in [-0.1, -0.05) is 66.2 Å². The van der Waals surface area contributed by atoms with Gasteiger partial charge in [0.1, 0.15) is 5.82 Å². The van der Waals surface area contributed by atoms with Crippen molar-refractivity contribution in [2.24, 2.45) is 0 Å². The third-order valence-electron chi connectivity index (χ3n) is 6.49. The molecule has 0 saturated carbocycles. The largest absolute Gasteiger partial charge is 0.394 e. The summed E-state index contributed by atoms with van der Waals surface area (Å²) >= 11 is 5.96. The van der Waals surface area contributed by atoms with Gasteiger partial charge in [-0.15, -0.1) is 0 Å². The fourth-order valence-electron chi connectivity index (χ4n) is 4.64. The maximum Gasteiger partial charge on any atom is 0.129 e. The summed E-state index contributed by atoms with van der Waals surface area (Å²) in [7, 11) is 0. The van der Waals surface area contributed by atoms with E-state index in [1.54, 1.807) is 0 Å². The van der Waals surface area contributed by atoms with Crippen molar-refractivity contribution >= 4 is 44.9 Å². The average Bonchev–Trinajstić information content (AvgIpc) is 3.41. The molecule has 0 amide bonds. The Kier molecular flexibility index (Phi) is 7.60. The van der Waals surface area contributed by atoms with Gasteiger partial charge in [0.15, 0.2) is 0 Å². The van der Waals surface area contributed by atoms with Gasteiger partial charge in [0.05, 0.1) is 29.4 Å². The number of aromatic nitrogens is 2. The van der Waals surface area contributed by atoms with Crippen LogP contribution in [0, 0.1) is 0 Å². The van der Waals surface area contributed by atoms with Crippen molar-refractivity contribution < 1.29 is 5.11 Å². The van der Waals surface area contributed by atoms with Crippen LogP contribution in [0.4, 0.5) is 11.5 Å². The summed E-state index contributed by atoms with van der Waals surface area (Å²) in [5, 5.41) is 16.2. The van der Waals surface area contributed by atoms with Gasteiger partial charge in [-0.3, -0.25) is 4.98 Å². The molecule has 1 atom stereocenters. The molecule has 6 rings (SSSR count). The van der Waals surface area contributed by atoms with E-state index in [1.807, 2.05) is 72.9 Å². The number of nitrogens with one attached hydrogen (secondary N) is 1. The van der Waals surface area contributed by atoms with Crippen molar-refractivity contribution in [2.75, 3.05) is 23.4 Å². The Morgan fingerprint density at radius 3 is 2.47 bits per heavy atom. The number of benzene rings is 3. The normalized spacial score (nSPS) is 15.1. The lowest BCUT2D eigenvalue weighted by atomic mass is 10.1. The second-order valence-corrected chi connectivity index (χ2v) is 9.33. The van der Waals surface area contributed by atoms with Crippen LogP contribution in [0.1, 0.15) is 18.4 Å². The van der Waals surface area contributed by atoms with E-state index in [4.69, 9.17) is 16.6 Å². The Balaban J connectivity index is 0.000000222. The van der Waals surface area contributed by atoms with Gasteiger partial charge < -0.3 is 15.3 Å². The third kappa shape index (κ3) is 5.59. The molecule has 2 aromatic heterocycles. The van der Waals surface area contributed by atoms with Crippen molar-refractivity contribution in [3.05, 3.63) is 108 Å². The summed E-state index contributed by atoms with van der Waals surface area (Å²) in [5.74, 6) is 0.845. The third-order valence-corrected chi connectivity index (χ3v) is 6.74. The maximum absolute atomic E-state index is 9.73. The van der Waals surface area contributed by atoms with E-state index in [9.17, 15) is 5.11 Å². The molecular formula is C30H29ClN4O. The highest BCUT2D eigenvalue weighted by atomic mass is 35.5. The van der Waals surface area contributed by atoms with Gasteiger partial charge in [0, 0.05) is 41.1 Å². The average molecular weight is 497 g/mol. The number of fused-ring (bicyclic) bond motifs is 2. The molecule has 3 heterocycles. The molecule has 182 valence electrons. The molecule has 1 aliphatic rings. The zero-order chi connectivity index (χ0) is 24.7. The minimum absolute atomic E-state index is 0.185. The SMILES string of the molecule is OC[C@@H]1CCCN1c1cc(NCc2ccc(Cl)cc2)nc2ccccc12.c1ccc2ncccc2c1. The van der Waals surface area contributed by atoms with Crippen molar-refractivity contribution in [3.63, 3.8) is 0 Å². The summed E-state index contributed by atoms with van der Waals surface area (Å²) in [6.07, 6.45) is 3.94. The number of nitrogens with zero attached hydrogens (tertiary/aromatic N) is 3. The molecule has 2 N–H and O–H groups in total. The first-order valence-corrected chi connectivity index (χ1v) is 12.6. The first-order valence-electron chi connectivity index (χ1n) is 12.3. The molecular weight excluding hydrogens is 468 g/mol. The zero-order valence-corrected chi connectivity index (χ0v) is 20.8. The summed E-state index contributed by atoms with van der Waals surface area (Å²) in [5.41, 5.74) is 4.32. The molecule has 3 aromatic carbocycles. The molecule has 5 nitrogen and oxygen atoms in total. The van der Waals surface area contributed by atoms with E-state index in [-0.39, 0.29) is 12.6 Å². The lowest BCUT2D eigenvalue weighted by molar-refractivity contribution is 0.266. The maximum atomic E-state index is 9.73.